The summed E-state index contributed by atoms with van der Waals surface area (Å²) in [5, 5.41) is 4.29. The predicted molar refractivity (Wildman–Crippen MR) is 117 cm³/mol. The van der Waals surface area contributed by atoms with Gasteiger partial charge in [0, 0.05) is 5.56 Å². The van der Waals surface area contributed by atoms with Gasteiger partial charge in [-0.2, -0.15) is 9.50 Å². The van der Waals surface area contributed by atoms with Crippen LogP contribution in [0.3, 0.4) is 0 Å². The molecule has 0 spiro atoms. The first-order valence-corrected chi connectivity index (χ1v) is 10.2. The molecule has 148 valence electrons. The summed E-state index contributed by atoms with van der Waals surface area (Å²) in [6.45, 7) is 1.96. The van der Waals surface area contributed by atoms with Crippen molar-refractivity contribution in [1.29, 1.82) is 0 Å². The van der Waals surface area contributed by atoms with Crippen molar-refractivity contribution >= 4 is 40.6 Å². The molecule has 5 nitrogen and oxygen atoms in total. The smallest absolute Gasteiger partial charge is 0.291 e. The Morgan fingerprint density at radius 3 is 2.73 bits per heavy atom. The van der Waals surface area contributed by atoms with Crippen molar-refractivity contribution in [3.8, 4) is 5.75 Å². The maximum Gasteiger partial charge on any atom is 0.291 e. The van der Waals surface area contributed by atoms with Crippen LogP contribution in [-0.2, 0) is 0 Å². The Bertz CT molecular complexity index is 1420. The van der Waals surface area contributed by atoms with Gasteiger partial charge >= 0.3 is 0 Å². The average molecular weight is 417 g/mol. The second-order valence-corrected chi connectivity index (χ2v) is 7.92. The van der Waals surface area contributed by atoms with Gasteiger partial charge in [0.15, 0.2) is 5.82 Å². The molecule has 4 aromatic rings. The fraction of sp³-hybridized carbons (Fsp3) is 0.0870. The lowest BCUT2D eigenvalue weighted by molar-refractivity contribution is 0.259. The monoisotopic (exact) mass is 417 g/mol. The van der Waals surface area contributed by atoms with E-state index in [1.165, 1.54) is 28.0 Å². The van der Waals surface area contributed by atoms with Crippen LogP contribution in [0, 0.1) is 5.82 Å². The van der Waals surface area contributed by atoms with Crippen molar-refractivity contribution in [2.75, 3.05) is 0 Å². The van der Waals surface area contributed by atoms with Crippen LogP contribution in [0.15, 0.2) is 58.9 Å². The molecular formula is C23H16FN3O2S. The number of fused-ring (bicyclic) bond motifs is 2. The average Bonchev–Trinajstić information content (AvgIpc) is 3.27. The second-order valence-electron chi connectivity index (χ2n) is 6.91. The van der Waals surface area contributed by atoms with Gasteiger partial charge in [-0.3, -0.25) is 4.79 Å². The summed E-state index contributed by atoms with van der Waals surface area (Å²) in [7, 11) is 0. The minimum atomic E-state index is -0.288. The van der Waals surface area contributed by atoms with Gasteiger partial charge in [-0.15, -0.1) is 5.10 Å². The van der Waals surface area contributed by atoms with Gasteiger partial charge in [-0.25, -0.2) is 4.39 Å². The summed E-state index contributed by atoms with van der Waals surface area (Å²) >= 11 is 1.29. The number of hydrogen-bond donors (Lipinski definition) is 0. The Kier molecular flexibility index (Phi) is 4.52. The molecule has 0 aliphatic carbocycles. The molecule has 7 heteroatoms. The number of halogens is 1. The molecule has 3 heterocycles. The normalized spacial score (nSPS) is 16.7. The van der Waals surface area contributed by atoms with Gasteiger partial charge in [0.2, 0.25) is 4.96 Å². The highest BCUT2D eigenvalue weighted by molar-refractivity contribution is 7.15. The van der Waals surface area contributed by atoms with Crippen molar-refractivity contribution in [3.05, 3.63) is 91.8 Å². The molecule has 0 saturated carbocycles. The molecule has 0 fully saturated rings. The summed E-state index contributed by atoms with van der Waals surface area (Å²) < 4.78 is 20.8. The van der Waals surface area contributed by atoms with E-state index in [1.807, 2.05) is 43.3 Å². The number of hydrogen-bond acceptors (Lipinski definition) is 5. The maximum atomic E-state index is 13.0. The van der Waals surface area contributed by atoms with E-state index >= 15 is 0 Å². The van der Waals surface area contributed by atoms with Crippen molar-refractivity contribution in [3.63, 3.8) is 0 Å². The molecule has 1 aliphatic rings. The van der Waals surface area contributed by atoms with Crippen LogP contribution in [0.4, 0.5) is 4.39 Å². The van der Waals surface area contributed by atoms with Crippen LogP contribution in [0.5, 0.6) is 5.75 Å². The molecule has 1 atom stereocenters. The molecule has 5 rings (SSSR count). The minimum Gasteiger partial charge on any atom is -0.485 e. The van der Waals surface area contributed by atoms with Crippen molar-refractivity contribution < 1.29 is 9.13 Å². The van der Waals surface area contributed by atoms with Crippen LogP contribution < -0.4 is 14.8 Å². The zero-order valence-corrected chi connectivity index (χ0v) is 16.8. The number of ether oxygens (including phenoxy) is 1. The largest absolute Gasteiger partial charge is 0.485 e. The van der Waals surface area contributed by atoms with Crippen molar-refractivity contribution in [1.82, 2.24) is 14.6 Å². The first-order valence-electron chi connectivity index (χ1n) is 9.39. The number of nitrogens with zero attached hydrogens (tertiary/aromatic N) is 3. The summed E-state index contributed by atoms with van der Waals surface area (Å²) in [5.41, 5.74) is 2.52. The van der Waals surface area contributed by atoms with Crippen LogP contribution >= 0.6 is 11.3 Å². The van der Waals surface area contributed by atoms with E-state index in [9.17, 15) is 9.18 Å². The number of para-hydroxylation sites is 1. The van der Waals surface area contributed by atoms with E-state index < -0.39 is 0 Å². The molecule has 30 heavy (non-hydrogen) atoms. The number of rotatable bonds is 3. The number of benzene rings is 2. The third-order valence-corrected chi connectivity index (χ3v) is 5.76. The minimum absolute atomic E-state index is 0.157. The lowest BCUT2D eigenvalue weighted by Gasteiger charge is -2.22. The van der Waals surface area contributed by atoms with Gasteiger partial charge in [0.25, 0.3) is 5.56 Å². The molecular weight excluding hydrogens is 401 g/mol. The van der Waals surface area contributed by atoms with Gasteiger partial charge < -0.3 is 4.74 Å². The van der Waals surface area contributed by atoms with E-state index in [4.69, 9.17) is 4.74 Å². The highest BCUT2D eigenvalue weighted by Gasteiger charge is 2.18. The Labute approximate surface area is 175 Å². The molecule has 0 saturated heterocycles. The van der Waals surface area contributed by atoms with E-state index in [-0.39, 0.29) is 17.5 Å². The Morgan fingerprint density at radius 1 is 1.13 bits per heavy atom. The Balaban J connectivity index is 1.48. The topological polar surface area (TPSA) is 56.5 Å². The Hall–Kier alpha value is -3.58. The van der Waals surface area contributed by atoms with Crippen LogP contribution in [0.2, 0.25) is 0 Å². The Morgan fingerprint density at radius 2 is 1.93 bits per heavy atom. The SMILES string of the molecule is C[C@H]1Oc2ccccc2C=C1/C=c1/sc2nc(/C=C/c3ccc(F)cc3)nn2c1=O. The summed E-state index contributed by atoms with van der Waals surface area (Å²) in [5.74, 6) is 0.977. The zero-order valence-electron chi connectivity index (χ0n) is 15.9. The van der Waals surface area contributed by atoms with E-state index in [0.29, 0.717) is 15.3 Å². The maximum absolute atomic E-state index is 13.0. The molecule has 1 aliphatic heterocycles. The van der Waals surface area contributed by atoms with E-state index in [2.05, 4.69) is 10.1 Å². The first-order chi connectivity index (χ1) is 14.6. The third kappa shape index (κ3) is 3.44. The highest BCUT2D eigenvalue weighted by atomic mass is 32.1. The van der Waals surface area contributed by atoms with E-state index in [0.717, 1.165) is 22.4 Å². The van der Waals surface area contributed by atoms with Gasteiger partial charge in [-0.05, 0) is 54.5 Å². The molecule has 0 amide bonds. The van der Waals surface area contributed by atoms with E-state index in [1.54, 1.807) is 24.3 Å². The lowest BCUT2D eigenvalue weighted by atomic mass is 10.0. The predicted octanol–water partition coefficient (Wildman–Crippen LogP) is 3.82. The number of thiazole rings is 1. The highest BCUT2D eigenvalue weighted by Crippen LogP contribution is 2.29. The third-order valence-electron chi connectivity index (χ3n) is 4.81. The molecule has 0 bridgehead atoms. The summed E-state index contributed by atoms with van der Waals surface area (Å²) in [4.78, 5) is 17.7. The fourth-order valence-corrected chi connectivity index (χ4v) is 4.15. The van der Waals surface area contributed by atoms with Gasteiger partial charge in [0.1, 0.15) is 17.7 Å². The van der Waals surface area contributed by atoms with Crippen LogP contribution in [0.25, 0.3) is 29.3 Å². The summed E-state index contributed by atoms with van der Waals surface area (Å²) in [6.07, 6.45) is 7.20. The van der Waals surface area contributed by atoms with Gasteiger partial charge in [0.05, 0.1) is 4.53 Å². The van der Waals surface area contributed by atoms with Gasteiger partial charge in [-0.1, -0.05) is 47.7 Å². The molecule has 2 aromatic heterocycles. The fourth-order valence-electron chi connectivity index (χ4n) is 3.24. The van der Waals surface area contributed by atoms with Crippen LogP contribution in [-0.4, -0.2) is 20.7 Å². The van der Waals surface area contributed by atoms with Crippen molar-refractivity contribution in [2.24, 2.45) is 0 Å². The van der Waals surface area contributed by atoms with Crippen LogP contribution in [0.1, 0.15) is 23.9 Å². The lowest BCUT2D eigenvalue weighted by Crippen LogP contribution is -2.26. The molecule has 0 N–H and O–H groups in total. The number of aromatic nitrogens is 3. The van der Waals surface area contributed by atoms with Crippen molar-refractivity contribution in [2.45, 2.75) is 13.0 Å². The molecule has 0 radical (unpaired) electrons. The summed E-state index contributed by atoms with van der Waals surface area (Å²) in [6, 6.07) is 13.9. The standard InChI is InChI=1S/C23H16FN3O2S/c1-14-17(12-16-4-2-3-5-19(16)29-14)13-20-22(28)27-23(30-20)25-21(26-27)11-8-15-6-9-18(24)10-7-15/h2-14H,1H3/b11-8+,20-13+/t14-/m1/s1. The molecule has 2 aromatic carbocycles. The first kappa shape index (κ1) is 18.4. The second kappa shape index (κ2) is 7.35. The zero-order chi connectivity index (χ0) is 20.7. The quantitative estimate of drug-likeness (QED) is 0.509. The molecule has 0 unspecified atom stereocenters.